The first-order valence-corrected chi connectivity index (χ1v) is 13.1. The van der Waals surface area contributed by atoms with Gasteiger partial charge in [-0.25, -0.2) is 0 Å². The van der Waals surface area contributed by atoms with E-state index in [2.05, 4.69) is 17.2 Å². The van der Waals surface area contributed by atoms with Crippen LogP contribution < -0.4 is 0 Å². The second kappa shape index (κ2) is 15.5. The fraction of sp³-hybridized carbons (Fsp3) is 0.111. The molecule has 4 nitrogen and oxygen atoms in total. The molecule has 200 valence electrons. The van der Waals surface area contributed by atoms with Crippen molar-refractivity contribution >= 4 is 22.9 Å². The molecule has 0 N–H and O–H groups in total. The zero-order valence-electron chi connectivity index (χ0n) is 23.4. The van der Waals surface area contributed by atoms with Crippen LogP contribution in [-0.2, 0) is 0 Å². The molecule has 0 saturated carbocycles. The standard InChI is InChI=1S/C14H12O.C13H12N2.C9H10O/c1-11-7-9-13(10-8-11)14(15)12-5-3-2-4-6-12;1-11-7-9-13(10-8-11)15-14-12-5-3-2-4-6-12;1-7-3-5-9(6-4-7)8(2)10/h2*2-10H,1H3;3-6H,1-2H3. The van der Waals surface area contributed by atoms with E-state index in [1.807, 2.05) is 147 Å². The van der Waals surface area contributed by atoms with E-state index in [1.165, 1.54) is 16.7 Å². The summed E-state index contributed by atoms with van der Waals surface area (Å²) in [6, 6.07) is 42.2. The topological polar surface area (TPSA) is 58.9 Å². The highest BCUT2D eigenvalue weighted by Crippen LogP contribution is 2.17. The molecule has 0 saturated heterocycles. The first kappa shape index (κ1) is 29.6. The Kier molecular flexibility index (Phi) is 11.4. The third-order valence-electron chi connectivity index (χ3n) is 5.88. The van der Waals surface area contributed by atoms with Crippen LogP contribution in [0.3, 0.4) is 0 Å². The molecule has 0 bridgehead atoms. The molecule has 0 aliphatic heterocycles. The van der Waals surface area contributed by atoms with E-state index < -0.39 is 0 Å². The Labute approximate surface area is 237 Å². The van der Waals surface area contributed by atoms with Crippen molar-refractivity contribution in [2.45, 2.75) is 27.7 Å². The smallest absolute Gasteiger partial charge is 0.193 e. The normalized spacial score (nSPS) is 10.1. The number of rotatable bonds is 5. The van der Waals surface area contributed by atoms with E-state index in [9.17, 15) is 9.59 Å². The number of carbonyl (C=O) groups excluding carboxylic acids is 2. The van der Waals surface area contributed by atoms with Crippen molar-refractivity contribution in [1.29, 1.82) is 0 Å². The van der Waals surface area contributed by atoms with Crippen LogP contribution in [-0.4, -0.2) is 11.6 Å². The summed E-state index contributed by atoms with van der Waals surface area (Å²) in [5, 5.41) is 8.27. The number of benzene rings is 5. The fourth-order valence-corrected chi connectivity index (χ4v) is 3.47. The lowest BCUT2D eigenvalue weighted by atomic mass is 10.0. The molecule has 0 heterocycles. The average molecular weight is 527 g/mol. The van der Waals surface area contributed by atoms with Gasteiger partial charge in [-0.1, -0.05) is 126 Å². The van der Waals surface area contributed by atoms with Crippen molar-refractivity contribution in [2.75, 3.05) is 0 Å². The minimum Gasteiger partial charge on any atom is -0.295 e. The molecule has 0 amide bonds. The number of hydrogen-bond donors (Lipinski definition) is 0. The van der Waals surface area contributed by atoms with E-state index in [0.717, 1.165) is 28.1 Å². The van der Waals surface area contributed by atoms with Crippen LogP contribution in [0, 0.1) is 20.8 Å². The number of ketones is 2. The summed E-state index contributed by atoms with van der Waals surface area (Å²) in [5.74, 6) is 0.204. The Morgan fingerprint density at radius 1 is 0.425 bits per heavy atom. The molecular formula is C36H34N2O2. The maximum Gasteiger partial charge on any atom is 0.193 e. The van der Waals surface area contributed by atoms with Crippen LogP contribution in [0.25, 0.3) is 0 Å². The lowest BCUT2D eigenvalue weighted by Crippen LogP contribution is -2.00. The number of nitrogens with zero attached hydrogens (tertiary/aromatic N) is 2. The van der Waals surface area contributed by atoms with Crippen molar-refractivity contribution in [3.63, 3.8) is 0 Å². The Morgan fingerprint density at radius 2 is 0.775 bits per heavy atom. The molecule has 0 atom stereocenters. The molecule has 0 aromatic heterocycles. The van der Waals surface area contributed by atoms with Gasteiger partial charge in [-0.05, 0) is 52.0 Å². The summed E-state index contributed by atoms with van der Waals surface area (Å²) in [6.45, 7) is 7.64. The molecule has 0 spiro atoms. The number of Topliss-reactive ketones (excluding diaryl/α,β-unsaturated/α-hetero) is 1. The van der Waals surface area contributed by atoms with Crippen molar-refractivity contribution in [2.24, 2.45) is 10.2 Å². The van der Waals surface area contributed by atoms with Crippen molar-refractivity contribution in [1.82, 2.24) is 0 Å². The van der Waals surface area contributed by atoms with Crippen LogP contribution in [0.1, 0.15) is 49.9 Å². The Hall–Kier alpha value is -4.96. The minimum absolute atomic E-state index is 0.0793. The van der Waals surface area contributed by atoms with Crippen molar-refractivity contribution < 1.29 is 9.59 Å². The van der Waals surface area contributed by atoms with Gasteiger partial charge in [0, 0.05) is 16.7 Å². The first-order valence-electron chi connectivity index (χ1n) is 13.1. The van der Waals surface area contributed by atoms with Gasteiger partial charge >= 0.3 is 0 Å². The number of azo groups is 1. The molecule has 0 radical (unpaired) electrons. The van der Waals surface area contributed by atoms with E-state index in [-0.39, 0.29) is 11.6 Å². The predicted molar refractivity (Wildman–Crippen MR) is 164 cm³/mol. The van der Waals surface area contributed by atoms with E-state index in [1.54, 1.807) is 6.92 Å². The minimum atomic E-state index is 0.0793. The van der Waals surface area contributed by atoms with E-state index >= 15 is 0 Å². The van der Waals surface area contributed by atoms with Gasteiger partial charge in [-0.3, -0.25) is 9.59 Å². The summed E-state index contributed by atoms with van der Waals surface area (Å²) in [7, 11) is 0. The van der Waals surface area contributed by atoms with Crippen LogP contribution in [0.15, 0.2) is 144 Å². The molecule has 5 aromatic rings. The maximum absolute atomic E-state index is 12.0. The monoisotopic (exact) mass is 526 g/mol. The van der Waals surface area contributed by atoms with E-state index in [4.69, 9.17) is 0 Å². The molecule has 5 rings (SSSR count). The molecule has 0 fully saturated rings. The summed E-state index contributed by atoms with van der Waals surface area (Å²) in [5.41, 5.74) is 7.60. The highest BCUT2D eigenvalue weighted by atomic mass is 16.1. The zero-order valence-corrected chi connectivity index (χ0v) is 23.4. The highest BCUT2D eigenvalue weighted by molar-refractivity contribution is 6.08. The zero-order chi connectivity index (χ0) is 28.7. The molecular weight excluding hydrogens is 492 g/mol. The van der Waals surface area contributed by atoms with Gasteiger partial charge in [-0.2, -0.15) is 10.2 Å². The van der Waals surface area contributed by atoms with Crippen LogP contribution in [0.5, 0.6) is 0 Å². The molecule has 4 heteroatoms. The molecule has 40 heavy (non-hydrogen) atoms. The summed E-state index contributed by atoms with van der Waals surface area (Å²) < 4.78 is 0. The quantitative estimate of drug-likeness (QED) is 0.169. The molecule has 0 unspecified atom stereocenters. The third kappa shape index (κ3) is 10.1. The first-order chi connectivity index (χ1) is 19.3. The Balaban J connectivity index is 0.000000169. The second-order valence-electron chi connectivity index (χ2n) is 9.35. The maximum atomic E-state index is 12.0. The number of hydrogen-bond acceptors (Lipinski definition) is 4. The molecule has 0 aliphatic carbocycles. The van der Waals surface area contributed by atoms with Gasteiger partial charge in [-0.15, -0.1) is 0 Å². The highest BCUT2D eigenvalue weighted by Gasteiger charge is 2.07. The molecule has 5 aromatic carbocycles. The van der Waals surface area contributed by atoms with Gasteiger partial charge < -0.3 is 0 Å². The SMILES string of the molecule is CC(=O)c1ccc(C)cc1.Cc1ccc(C(=O)c2ccccc2)cc1.Cc1ccc(N=Nc2ccccc2)cc1. The molecule has 0 aliphatic rings. The van der Waals surface area contributed by atoms with Gasteiger partial charge in [0.25, 0.3) is 0 Å². The second-order valence-corrected chi connectivity index (χ2v) is 9.35. The van der Waals surface area contributed by atoms with Crippen molar-refractivity contribution in [3.8, 4) is 0 Å². The summed E-state index contributed by atoms with van der Waals surface area (Å²) in [4.78, 5) is 22.7. The lowest BCUT2D eigenvalue weighted by Gasteiger charge is -2.00. The predicted octanol–water partition coefficient (Wildman–Crippen LogP) is 9.83. The summed E-state index contributed by atoms with van der Waals surface area (Å²) >= 11 is 0. The fourth-order valence-electron chi connectivity index (χ4n) is 3.47. The van der Waals surface area contributed by atoms with Gasteiger partial charge in [0.15, 0.2) is 11.6 Å². The van der Waals surface area contributed by atoms with Crippen LogP contribution >= 0.6 is 0 Å². The van der Waals surface area contributed by atoms with Gasteiger partial charge in [0.2, 0.25) is 0 Å². The largest absolute Gasteiger partial charge is 0.295 e. The lowest BCUT2D eigenvalue weighted by molar-refractivity contribution is 0.101. The summed E-state index contributed by atoms with van der Waals surface area (Å²) in [6.07, 6.45) is 0. The van der Waals surface area contributed by atoms with Gasteiger partial charge in [0.1, 0.15) is 0 Å². The van der Waals surface area contributed by atoms with Gasteiger partial charge in [0.05, 0.1) is 11.4 Å². The Bertz CT molecular complexity index is 1510. The van der Waals surface area contributed by atoms with Crippen molar-refractivity contribution in [3.05, 3.63) is 167 Å². The van der Waals surface area contributed by atoms with E-state index in [0.29, 0.717) is 0 Å². The van der Waals surface area contributed by atoms with Crippen LogP contribution in [0.2, 0.25) is 0 Å². The number of aryl methyl sites for hydroxylation is 3. The van der Waals surface area contributed by atoms with Crippen LogP contribution in [0.4, 0.5) is 11.4 Å². The average Bonchev–Trinajstić information content (AvgIpc) is 2.99. The Morgan fingerprint density at radius 3 is 1.23 bits per heavy atom. The number of carbonyl (C=O) groups is 2. The third-order valence-corrected chi connectivity index (χ3v) is 5.88.